The summed E-state index contributed by atoms with van der Waals surface area (Å²) in [5.74, 6) is -1.13. The van der Waals surface area contributed by atoms with Crippen LogP contribution in [-0.2, 0) is 26.2 Å². The van der Waals surface area contributed by atoms with Crippen molar-refractivity contribution in [3.05, 3.63) is 90.9 Å². The van der Waals surface area contributed by atoms with Gasteiger partial charge in [-0.2, -0.15) is 0 Å². The Bertz CT molecular complexity index is 1690. The molecule has 2 amide bonds. The van der Waals surface area contributed by atoms with Crippen molar-refractivity contribution in [2.24, 2.45) is 0 Å². The second-order valence-electron chi connectivity index (χ2n) is 10.1. The van der Waals surface area contributed by atoms with Crippen molar-refractivity contribution in [2.45, 2.75) is 51.1 Å². The number of amides is 2. The van der Waals surface area contributed by atoms with Crippen LogP contribution in [0.1, 0.15) is 37.8 Å². The van der Waals surface area contributed by atoms with Crippen molar-refractivity contribution in [2.75, 3.05) is 24.5 Å². The maximum absolute atomic E-state index is 14.2. The topological polar surface area (TPSA) is 139 Å². The van der Waals surface area contributed by atoms with E-state index in [4.69, 9.17) is 39.5 Å². The smallest absolute Gasteiger partial charge is 0.273 e. The van der Waals surface area contributed by atoms with E-state index in [-0.39, 0.29) is 33.6 Å². The van der Waals surface area contributed by atoms with Gasteiger partial charge in [0.15, 0.2) is 0 Å². The van der Waals surface area contributed by atoms with E-state index >= 15 is 0 Å². The molecule has 0 spiro atoms. The van der Waals surface area contributed by atoms with Crippen LogP contribution in [0.15, 0.2) is 59.5 Å². The second kappa shape index (κ2) is 15.6. The number of unbranched alkanes of at least 4 members (excludes halogenated alkanes) is 1. The van der Waals surface area contributed by atoms with Gasteiger partial charge in [0.05, 0.1) is 32.7 Å². The van der Waals surface area contributed by atoms with E-state index in [9.17, 15) is 28.1 Å². The highest BCUT2D eigenvalue weighted by atomic mass is 35.5. The van der Waals surface area contributed by atoms with Gasteiger partial charge in [-0.1, -0.05) is 60.3 Å². The zero-order chi connectivity index (χ0) is 33.5. The lowest BCUT2D eigenvalue weighted by molar-refractivity contribution is -0.385. The number of methoxy groups -OCH3 is 1. The van der Waals surface area contributed by atoms with Gasteiger partial charge in [0.25, 0.3) is 15.7 Å². The fraction of sp³-hybridized carbons (Fsp3) is 0.333. The molecule has 0 fully saturated rings. The molecule has 0 radical (unpaired) electrons. The SMILES string of the molecule is CCCCNC(=O)[C@H](C)N(Cc1ccc(Cl)c(Cl)c1)C(=O)CN(c1cc(Cl)ccc1OC)S(=O)(=O)c1ccc(C)c([N+](=O)[O-])c1. The Morgan fingerprint density at radius 3 is 2.38 bits per heavy atom. The maximum atomic E-state index is 14.2. The van der Waals surface area contributed by atoms with Gasteiger partial charge < -0.3 is 15.0 Å². The molecule has 0 heterocycles. The third-order valence-corrected chi connectivity index (χ3v) is 9.72. The molecule has 3 aromatic rings. The van der Waals surface area contributed by atoms with E-state index in [2.05, 4.69) is 5.32 Å². The highest BCUT2D eigenvalue weighted by molar-refractivity contribution is 7.92. The van der Waals surface area contributed by atoms with Gasteiger partial charge in [-0.3, -0.25) is 24.0 Å². The molecule has 45 heavy (non-hydrogen) atoms. The van der Waals surface area contributed by atoms with Crippen LogP contribution in [0.2, 0.25) is 15.1 Å². The molecule has 0 unspecified atom stereocenters. The standard InChI is InChI=1S/C30H33Cl3N4O7S/c1-5-6-13-34-30(39)20(3)35(17-21-8-11-24(32)25(33)14-21)29(38)18-36(27-15-22(31)9-12-28(27)44-4)45(42,43)23-10-7-19(2)26(16-23)37(40)41/h7-12,14-16,20H,5-6,13,17-18H2,1-4H3,(H,34,39)/t20-/m0/s1. The molecular formula is C30H33Cl3N4O7S. The Kier molecular flexibility index (Phi) is 12.5. The van der Waals surface area contributed by atoms with E-state index in [1.807, 2.05) is 6.92 Å². The summed E-state index contributed by atoms with van der Waals surface area (Å²) in [6, 6.07) is 11.4. The molecule has 11 nitrogen and oxygen atoms in total. The van der Waals surface area contributed by atoms with Gasteiger partial charge in [-0.05, 0) is 62.2 Å². The number of nitrogens with one attached hydrogen (secondary N) is 1. The van der Waals surface area contributed by atoms with Crippen LogP contribution in [0, 0.1) is 17.0 Å². The summed E-state index contributed by atoms with van der Waals surface area (Å²) in [4.78, 5) is 39.0. The Hall–Kier alpha value is -3.58. The quantitative estimate of drug-likeness (QED) is 0.117. The summed E-state index contributed by atoms with van der Waals surface area (Å²) < 4.78 is 34.6. The van der Waals surface area contributed by atoms with Crippen molar-refractivity contribution in [3.8, 4) is 5.75 Å². The predicted molar refractivity (Wildman–Crippen MR) is 175 cm³/mol. The first kappa shape index (κ1) is 35.9. The zero-order valence-electron chi connectivity index (χ0n) is 25.1. The van der Waals surface area contributed by atoms with Crippen LogP contribution in [0.5, 0.6) is 5.75 Å². The largest absolute Gasteiger partial charge is 0.495 e. The maximum Gasteiger partial charge on any atom is 0.273 e. The lowest BCUT2D eigenvalue weighted by Crippen LogP contribution is -2.51. The lowest BCUT2D eigenvalue weighted by atomic mass is 10.1. The molecule has 3 rings (SSSR count). The van der Waals surface area contributed by atoms with Gasteiger partial charge in [0.1, 0.15) is 18.3 Å². The Morgan fingerprint density at radius 2 is 1.76 bits per heavy atom. The van der Waals surface area contributed by atoms with Gasteiger partial charge >= 0.3 is 0 Å². The monoisotopic (exact) mass is 698 g/mol. The van der Waals surface area contributed by atoms with Crippen LogP contribution in [-0.4, -0.2) is 56.3 Å². The molecule has 1 atom stereocenters. The zero-order valence-corrected chi connectivity index (χ0v) is 28.1. The first-order valence-corrected chi connectivity index (χ1v) is 16.4. The molecule has 15 heteroatoms. The molecule has 0 saturated carbocycles. The summed E-state index contributed by atoms with van der Waals surface area (Å²) >= 11 is 18.5. The minimum absolute atomic E-state index is 0.0683. The number of hydrogen-bond donors (Lipinski definition) is 1. The van der Waals surface area contributed by atoms with Gasteiger partial charge in [0.2, 0.25) is 11.8 Å². The summed E-state index contributed by atoms with van der Waals surface area (Å²) in [6.45, 7) is 4.43. The van der Waals surface area contributed by atoms with Gasteiger partial charge in [-0.15, -0.1) is 0 Å². The molecule has 0 saturated heterocycles. The van der Waals surface area contributed by atoms with Crippen molar-refractivity contribution < 1.29 is 27.7 Å². The number of benzene rings is 3. The van der Waals surface area contributed by atoms with E-state index in [1.54, 1.807) is 18.2 Å². The summed E-state index contributed by atoms with van der Waals surface area (Å²) in [5, 5.41) is 15.1. The number of carbonyl (C=O) groups is 2. The summed E-state index contributed by atoms with van der Waals surface area (Å²) in [6.07, 6.45) is 1.56. The van der Waals surface area contributed by atoms with E-state index < -0.39 is 49.9 Å². The van der Waals surface area contributed by atoms with E-state index in [1.165, 1.54) is 56.2 Å². The summed E-state index contributed by atoms with van der Waals surface area (Å²) in [7, 11) is -3.34. The molecule has 3 aromatic carbocycles. The Balaban J connectivity index is 2.15. The second-order valence-corrected chi connectivity index (χ2v) is 13.2. The minimum Gasteiger partial charge on any atom is -0.495 e. The number of nitro benzene ring substituents is 1. The molecule has 0 aliphatic rings. The molecule has 0 aliphatic heterocycles. The number of nitrogens with zero attached hydrogens (tertiary/aromatic N) is 3. The lowest BCUT2D eigenvalue weighted by Gasteiger charge is -2.32. The molecule has 0 bridgehead atoms. The third-order valence-electron chi connectivity index (χ3n) is 6.99. The van der Waals surface area contributed by atoms with Crippen LogP contribution in [0.3, 0.4) is 0 Å². The fourth-order valence-corrected chi connectivity index (χ4v) is 6.32. The van der Waals surface area contributed by atoms with Crippen LogP contribution in [0.25, 0.3) is 0 Å². The van der Waals surface area contributed by atoms with Crippen molar-refractivity contribution in [1.82, 2.24) is 10.2 Å². The van der Waals surface area contributed by atoms with Crippen LogP contribution >= 0.6 is 34.8 Å². The highest BCUT2D eigenvalue weighted by Crippen LogP contribution is 2.36. The molecule has 1 N–H and O–H groups in total. The number of halogens is 3. The fourth-order valence-electron chi connectivity index (χ4n) is 4.40. The first-order valence-electron chi connectivity index (χ1n) is 13.8. The van der Waals surface area contributed by atoms with Gasteiger partial charge in [-0.25, -0.2) is 8.42 Å². The number of nitro groups is 1. The van der Waals surface area contributed by atoms with Crippen LogP contribution in [0.4, 0.5) is 11.4 Å². The minimum atomic E-state index is -4.65. The average Bonchev–Trinajstić information content (AvgIpc) is 2.99. The van der Waals surface area contributed by atoms with Crippen molar-refractivity contribution in [3.63, 3.8) is 0 Å². The third kappa shape index (κ3) is 8.78. The molecule has 242 valence electrons. The molecule has 0 aromatic heterocycles. The van der Waals surface area contributed by atoms with E-state index in [0.717, 1.165) is 23.2 Å². The predicted octanol–water partition coefficient (Wildman–Crippen LogP) is 6.40. The highest BCUT2D eigenvalue weighted by Gasteiger charge is 2.35. The number of aryl methyl sites for hydroxylation is 1. The first-order chi connectivity index (χ1) is 21.2. The average molecular weight is 700 g/mol. The van der Waals surface area contributed by atoms with Crippen LogP contribution < -0.4 is 14.4 Å². The number of carbonyl (C=O) groups excluding carboxylic acids is 2. The summed E-state index contributed by atoms with van der Waals surface area (Å²) in [5.41, 5.74) is 0.280. The number of anilines is 1. The molecule has 0 aliphatic carbocycles. The number of rotatable bonds is 14. The number of ether oxygens (including phenoxy) is 1. The number of sulfonamides is 1. The molecular weight excluding hydrogens is 667 g/mol. The van der Waals surface area contributed by atoms with Crippen molar-refractivity contribution in [1.29, 1.82) is 0 Å². The van der Waals surface area contributed by atoms with E-state index in [0.29, 0.717) is 17.1 Å². The van der Waals surface area contributed by atoms with Gasteiger partial charge in [0, 0.05) is 29.7 Å². The normalized spacial score (nSPS) is 11.9. The Labute approximate surface area is 277 Å². The van der Waals surface area contributed by atoms with Crippen molar-refractivity contribution >= 4 is 68.0 Å². The Morgan fingerprint density at radius 1 is 1.04 bits per heavy atom. The number of hydrogen-bond acceptors (Lipinski definition) is 7.